The maximum absolute atomic E-state index is 13.0. The van der Waals surface area contributed by atoms with Crippen molar-refractivity contribution >= 4 is 55.5 Å². The molecule has 1 amide bonds. The van der Waals surface area contributed by atoms with Crippen LogP contribution in [0.3, 0.4) is 0 Å². The first-order valence-corrected chi connectivity index (χ1v) is 10.3. The van der Waals surface area contributed by atoms with Crippen molar-refractivity contribution in [1.82, 2.24) is 9.78 Å². The van der Waals surface area contributed by atoms with Crippen molar-refractivity contribution in [3.63, 3.8) is 0 Å². The number of hydrogen-bond donors (Lipinski definition) is 1. The summed E-state index contributed by atoms with van der Waals surface area (Å²) in [6.45, 7) is 1.95. The summed E-state index contributed by atoms with van der Waals surface area (Å²) in [6, 6.07) is 23.3. The number of fused-ring (bicyclic) bond motifs is 2. The molecule has 0 aliphatic heterocycles. The molecule has 0 atom stereocenters. The highest BCUT2D eigenvalue weighted by Gasteiger charge is 2.18. The minimum atomic E-state index is -0.121. The molecule has 0 bridgehead atoms. The van der Waals surface area contributed by atoms with Crippen molar-refractivity contribution in [1.29, 1.82) is 0 Å². The molecule has 0 aliphatic carbocycles. The lowest BCUT2D eigenvalue weighted by Crippen LogP contribution is -2.10. The highest BCUT2D eigenvalue weighted by molar-refractivity contribution is 7.20. The van der Waals surface area contributed by atoms with Crippen LogP contribution in [0, 0.1) is 6.92 Å². The largest absolute Gasteiger partial charge is 0.321 e. The maximum atomic E-state index is 13.0. The van der Waals surface area contributed by atoms with Crippen molar-refractivity contribution in [3.05, 3.63) is 88.4 Å². The third-order valence-corrected chi connectivity index (χ3v) is 6.24. The monoisotopic (exact) mass is 417 g/mol. The van der Waals surface area contributed by atoms with Crippen molar-refractivity contribution in [2.75, 3.05) is 5.32 Å². The molecule has 29 heavy (non-hydrogen) atoms. The predicted molar refractivity (Wildman–Crippen MR) is 121 cm³/mol. The van der Waals surface area contributed by atoms with Crippen LogP contribution < -0.4 is 5.32 Å². The van der Waals surface area contributed by atoms with E-state index in [1.54, 1.807) is 0 Å². The van der Waals surface area contributed by atoms with Crippen LogP contribution in [0.1, 0.15) is 15.4 Å². The number of nitrogens with zero attached hydrogens (tertiary/aromatic N) is 2. The number of aromatic nitrogens is 2. The summed E-state index contributed by atoms with van der Waals surface area (Å²) < 4.78 is 1.86. The Kier molecular flexibility index (Phi) is 4.34. The summed E-state index contributed by atoms with van der Waals surface area (Å²) >= 11 is 7.44. The minimum Gasteiger partial charge on any atom is -0.321 e. The number of rotatable bonds is 3. The molecule has 4 nitrogen and oxygen atoms in total. The van der Waals surface area contributed by atoms with E-state index < -0.39 is 0 Å². The van der Waals surface area contributed by atoms with Gasteiger partial charge < -0.3 is 5.32 Å². The number of thiophene rings is 1. The van der Waals surface area contributed by atoms with Gasteiger partial charge in [-0.05, 0) is 48.7 Å². The van der Waals surface area contributed by atoms with E-state index in [1.165, 1.54) is 11.3 Å². The van der Waals surface area contributed by atoms with Gasteiger partial charge in [0.25, 0.3) is 5.91 Å². The molecule has 3 aromatic carbocycles. The van der Waals surface area contributed by atoms with E-state index in [1.807, 2.05) is 84.4 Å². The number of carbonyl (C=O) groups is 1. The molecule has 0 unspecified atom stereocenters. The standard InChI is InChI=1S/C23H16ClN3OS/c1-14-19-13-21(29-23(19)27(26-14)17-11-9-16(24)10-12-17)22(28)25-20-8-4-6-15-5-2-3-7-18(15)20/h2-13H,1H3,(H,25,28). The molecule has 1 N–H and O–H groups in total. The lowest BCUT2D eigenvalue weighted by molar-refractivity contribution is 0.103. The summed E-state index contributed by atoms with van der Waals surface area (Å²) in [5, 5.41) is 11.5. The second kappa shape index (κ2) is 7.03. The number of amides is 1. The van der Waals surface area contributed by atoms with Crippen molar-refractivity contribution in [2.24, 2.45) is 0 Å². The van der Waals surface area contributed by atoms with E-state index >= 15 is 0 Å². The fourth-order valence-corrected chi connectivity index (χ4v) is 4.64. The Balaban J connectivity index is 1.53. The first-order chi connectivity index (χ1) is 14.1. The molecule has 0 aliphatic rings. The summed E-state index contributed by atoms with van der Waals surface area (Å²) in [5.74, 6) is -0.121. The fraction of sp³-hybridized carbons (Fsp3) is 0.0435. The van der Waals surface area contributed by atoms with Gasteiger partial charge in [-0.15, -0.1) is 11.3 Å². The van der Waals surface area contributed by atoms with E-state index in [2.05, 4.69) is 10.4 Å². The van der Waals surface area contributed by atoms with Crippen LogP contribution in [0.15, 0.2) is 72.8 Å². The third-order valence-electron chi connectivity index (χ3n) is 4.88. The SMILES string of the molecule is Cc1nn(-c2ccc(Cl)cc2)c2sc(C(=O)Nc3cccc4ccccc34)cc12. The highest BCUT2D eigenvalue weighted by Crippen LogP contribution is 2.32. The van der Waals surface area contributed by atoms with Crippen molar-refractivity contribution in [2.45, 2.75) is 6.92 Å². The zero-order valence-electron chi connectivity index (χ0n) is 15.5. The van der Waals surface area contributed by atoms with Crippen LogP contribution in [0.25, 0.3) is 26.7 Å². The molecular weight excluding hydrogens is 402 g/mol. The van der Waals surface area contributed by atoms with Crippen LogP contribution in [0.5, 0.6) is 0 Å². The van der Waals surface area contributed by atoms with Gasteiger partial charge in [-0.2, -0.15) is 5.10 Å². The smallest absolute Gasteiger partial charge is 0.265 e. The molecule has 0 spiro atoms. The van der Waals surface area contributed by atoms with Gasteiger partial charge >= 0.3 is 0 Å². The Hall–Kier alpha value is -3.15. The number of hydrogen-bond acceptors (Lipinski definition) is 3. The Labute approximate surface area is 176 Å². The molecule has 0 radical (unpaired) electrons. The number of benzene rings is 3. The second-order valence-electron chi connectivity index (χ2n) is 6.78. The second-order valence-corrected chi connectivity index (χ2v) is 8.25. The molecule has 0 fully saturated rings. The summed E-state index contributed by atoms with van der Waals surface area (Å²) in [7, 11) is 0. The molecule has 6 heteroatoms. The van der Waals surface area contributed by atoms with Gasteiger partial charge in [0.2, 0.25) is 0 Å². The van der Waals surface area contributed by atoms with Crippen LogP contribution in [-0.2, 0) is 0 Å². The fourth-order valence-electron chi connectivity index (χ4n) is 3.43. The summed E-state index contributed by atoms with van der Waals surface area (Å²) in [4.78, 5) is 14.6. The number of halogens is 1. The topological polar surface area (TPSA) is 46.9 Å². The molecule has 0 saturated carbocycles. The van der Waals surface area contributed by atoms with Crippen LogP contribution in [0.2, 0.25) is 5.02 Å². The van der Waals surface area contributed by atoms with Gasteiger partial charge in [-0.1, -0.05) is 48.0 Å². The number of anilines is 1. The highest BCUT2D eigenvalue weighted by atomic mass is 35.5. The summed E-state index contributed by atoms with van der Waals surface area (Å²) in [6.07, 6.45) is 0. The zero-order valence-corrected chi connectivity index (χ0v) is 17.1. The first-order valence-electron chi connectivity index (χ1n) is 9.14. The predicted octanol–water partition coefficient (Wildman–Crippen LogP) is 6.45. The van der Waals surface area contributed by atoms with Gasteiger partial charge in [0.1, 0.15) is 4.83 Å². The lowest BCUT2D eigenvalue weighted by Gasteiger charge is -2.07. The molecule has 2 aromatic heterocycles. The Morgan fingerprint density at radius 1 is 1.00 bits per heavy atom. The van der Waals surface area contributed by atoms with E-state index in [4.69, 9.17) is 11.6 Å². The number of nitrogens with one attached hydrogen (secondary N) is 1. The van der Waals surface area contributed by atoms with E-state index in [0.717, 1.165) is 38.1 Å². The Morgan fingerprint density at radius 2 is 1.76 bits per heavy atom. The van der Waals surface area contributed by atoms with E-state index in [0.29, 0.717) is 9.90 Å². The lowest BCUT2D eigenvalue weighted by atomic mass is 10.1. The average Bonchev–Trinajstić information content (AvgIpc) is 3.30. The molecular formula is C23H16ClN3OS. The van der Waals surface area contributed by atoms with Gasteiger partial charge in [-0.25, -0.2) is 4.68 Å². The van der Waals surface area contributed by atoms with Gasteiger partial charge in [0.15, 0.2) is 0 Å². The normalized spacial score (nSPS) is 11.2. The zero-order chi connectivity index (χ0) is 20.0. The third kappa shape index (κ3) is 3.18. The van der Waals surface area contributed by atoms with Crippen LogP contribution >= 0.6 is 22.9 Å². The quantitative estimate of drug-likeness (QED) is 0.366. The van der Waals surface area contributed by atoms with Crippen molar-refractivity contribution in [3.8, 4) is 5.69 Å². The average molecular weight is 418 g/mol. The molecule has 142 valence electrons. The van der Waals surface area contributed by atoms with Gasteiger partial charge in [-0.3, -0.25) is 4.79 Å². The molecule has 5 rings (SSSR count). The number of aryl methyl sites for hydroxylation is 1. The maximum Gasteiger partial charge on any atom is 0.265 e. The van der Waals surface area contributed by atoms with Crippen LogP contribution in [0.4, 0.5) is 5.69 Å². The van der Waals surface area contributed by atoms with Crippen molar-refractivity contribution < 1.29 is 4.79 Å². The minimum absolute atomic E-state index is 0.121. The Morgan fingerprint density at radius 3 is 2.59 bits per heavy atom. The summed E-state index contributed by atoms with van der Waals surface area (Å²) in [5.41, 5.74) is 2.60. The molecule has 5 aromatic rings. The van der Waals surface area contributed by atoms with Gasteiger partial charge in [0, 0.05) is 21.5 Å². The van der Waals surface area contributed by atoms with Crippen LogP contribution in [-0.4, -0.2) is 15.7 Å². The number of carbonyl (C=O) groups excluding carboxylic acids is 1. The van der Waals surface area contributed by atoms with Gasteiger partial charge in [0.05, 0.1) is 16.3 Å². The van der Waals surface area contributed by atoms with E-state index in [-0.39, 0.29) is 5.91 Å². The Bertz CT molecular complexity index is 1360. The van der Waals surface area contributed by atoms with E-state index in [9.17, 15) is 4.79 Å². The molecule has 0 saturated heterocycles. The first kappa shape index (κ1) is 17.9. The molecule has 2 heterocycles.